The number of ether oxygens (including phenoxy) is 2. The molecule has 4 aromatic rings. The van der Waals surface area contributed by atoms with Crippen molar-refractivity contribution in [2.24, 2.45) is 12.1 Å². The standard InChI is InChI=1S/C30H29BrN6O4S/c1-36-26(17-32-29(39)20-8-5-4-6-9-20)33-34-30(36)42-18-27(38)37-24(22-10-7-11-25(40-2)28(22)41-3)16-23(35-37)19-12-14-21(31)15-13-19/h4-15,24H,16-18H2,1-3H3,(H,32,39). The quantitative estimate of drug-likeness (QED) is 0.241. The van der Waals surface area contributed by atoms with Crippen molar-refractivity contribution in [1.82, 2.24) is 25.1 Å². The highest BCUT2D eigenvalue weighted by Crippen LogP contribution is 2.42. The molecule has 0 saturated carbocycles. The Bertz CT molecular complexity index is 1610. The summed E-state index contributed by atoms with van der Waals surface area (Å²) in [6, 6.07) is 22.1. The molecule has 0 radical (unpaired) electrons. The van der Waals surface area contributed by atoms with Gasteiger partial charge in [0.25, 0.3) is 11.8 Å². The van der Waals surface area contributed by atoms with Crippen molar-refractivity contribution in [3.63, 3.8) is 0 Å². The summed E-state index contributed by atoms with van der Waals surface area (Å²) in [5.74, 6) is 1.42. The lowest BCUT2D eigenvalue weighted by Crippen LogP contribution is -2.29. The lowest BCUT2D eigenvalue weighted by atomic mass is 9.97. The zero-order chi connectivity index (χ0) is 29.6. The minimum Gasteiger partial charge on any atom is -0.493 e. The molecule has 10 nitrogen and oxygen atoms in total. The van der Waals surface area contributed by atoms with E-state index in [4.69, 9.17) is 14.6 Å². The number of carbonyl (C=O) groups is 2. The van der Waals surface area contributed by atoms with E-state index in [2.05, 4.69) is 31.4 Å². The maximum Gasteiger partial charge on any atom is 0.253 e. The van der Waals surface area contributed by atoms with Gasteiger partial charge in [-0.25, -0.2) is 5.01 Å². The molecule has 42 heavy (non-hydrogen) atoms. The van der Waals surface area contributed by atoms with Crippen LogP contribution >= 0.6 is 27.7 Å². The van der Waals surface area contributed by atoms with Crippen LogP contribution in [0.3, 0.4) is 0 Å². The fourth-order valence-electron chi connectivity index (χ4n) is 4.64. The van der Waals surface area contributed by atoms with E-state index < -0.39 is 0 Å². The van der Waals surface area contributed by atoms with E-state index in [1.807, 2.05) is 60.7 Å². The first-order valence-electron chi connectivity index (χ1n) is 13.1. The van der Waals surface area contributed by atoms with Gasteiger partial charge in [0.05, 0.1) is 38.3 Å². The number of benzene rings is 3. The molecule has 2 heterocycles. The highest BCUT2D eigenvalue weighted by atomic mass is 79.9. The Morgan fingerprint density at radius 3 is 2.48 bits per heavy atom. The van der Waals surface area contributed by atoms with Crippen molar-refractivity contribution in [1.29, 1.82) is 0 Å². The van der Waals surface area contributed by atoms with Crippen LogP contribution in [-0.2, 0) is 18.4 Å². The summed E-state index contributed by atoms with van der Waals surface area (Å²) in [7, 11) is 4.98. The molecule has 3 aromatic carbocycles. The summed E-state index contributed by atoms with van der Waals surface area (Å²) in [5, 5.41) is 18.2. The Hall–Kier alpha value is -4.16. The van der Waals surface area contributed by atoms with Crippen LogP contribution in [0.15, 0.2) is 87.5 Å². The smallest absolute Gasteiger partial charge is 0.253 e. The van der Waals surface area contributed by atoms with Gasteiger partial charge in [-0.2, -0.15) is 5.10 Å². The molecule has 1 aromatic heterocycles. The first-order valence-corrected chi connectivity index (χ1v) is 14.9. The molecule has 0 spiro atoms. The number of hydrazone groups is 1. The van der Waals surface area contributed by atoms with Crippen LogP contribution in [0.2, 0.25) is 0 Å². The largest absolute Gasteiger partial charge is 0.493 e. The van der Waals surface area contributed by atoms with Crippen LogP contribution in [0.5, 0.6) is 11.5 Å². The Balaban J connectivity index is 1.33. The third kappa shape index (κ3) is 6.34. The Labute approximate surface area is 256 Å². The van der Waals surface area contributed by atoms with E-state index >= 15 is 0 Å². The van der Waals surface area contributed by atoms with Gasteiger partial charge in [0.1, 0.15) is 0 Å². The van der Waals surface area contributed by atoms with Crippen LogP contribution in [0.4, 0.5) is 0 Å². The monoisotopic (exact) mass is 648 g/mol. The summed E-state index contributed by atoms with van der Waals surface area (Å²) in [6.45, 7) is 0.205. The molecule has 0 fully saturated rings. The molecule has 1 aliphatic rings. The second-order valence-electron chi connectivity index (χ2n) is 9.39. The number of hydrogen-bond donors (Lipinski definition) is 1. The molecule has 12 heteroatoms. The number of hydrogen-bond acceptors (Lipinski definition) is 8. The first kappa shape index (κ1) is 29.3. The first-order chi connectivity index (χ1) is 20.4. The zero-order valence-electron chi connectivity index (χ0n) is 23.3. The third-order valence-corrected chi connectivity index (χ3v) is 8.36. The Morgan fingerprint density at radius 2 is 1.76 bits per heavy atom. The molecule has 0 aliphatic carbocycles. The van der Waals surface area contributed by atoms with Crippen LogP contribution < -0.4 is 14.8 Å². The van der Waals surface area contributed by atoms with E-state index in [1.54, 1.807) is 38.0 Å². The summed E-state index contributed by atoms with van der Waals surface area (Å²) in [4.78, 5) is 26.1. The number of nitrogens with zero attached hydrogens (tertiary/aromatic N) is 5. The van der Waals surface area contributed by atoms with E-state index in [0.717, 1.165) is 21.3 Å². The van der Waals surface area contributed by atoms with E-state index in [1.165, 1.54) is 16.8 Å². The Morgan fingerprint density at radius 1 is 1.00 bits per heavy atom. The SMILES string of the molecule is COc1cccc(C2CC(c3ccc(Br)cc3)=NN2C(=O)CSc2nnc(CNC(=O)c3ccccc3)n2C)c1OC. The molecule has 0 bridgehead atoms. The van der Waals surface area contributed by atoms with Crippen molar-refractivity contribution < 1.29 is 19.1 Å². The van der Waals surface area contributed by atoms with Crippen LogP contribution in [0, 0.1) is 0 Å². The molecular weight excluding hydrogens is 620 g/mol. The van der Waals surface area contributed by atoms with Gasteiger partial charge in [0, 0.05) is 29.1 Å². The average Bonchev–Trinajstić information content (AvgIpc) is 3.62. The molecule has 5 rings (SSSR count). The van der Waals surface area contributed by atoms with Gasteiger partial charge in [-0.15, -0.1) is 10.2 Å². The van der Waals surface area contributed by atoms with Gasteiger partial charge in [-0.05, 0) is 35.9 Å². The molecule has 0 saturated heterocycles. The second-order valence-corrected chi connectivity index (χ2v) is 11.2. The highest BCUT2D eigenvalue weighted by Gasteiger charge is 2.35. The topological polar surface area (TPSA) is 111 Å². The van der Waals surface area contributed by atoms with E-state index in [-0.39, 0.29) is 30.2 Å². The summed E-state index contributed by atoms with van der Waals surface area (Å²) in [6.07, 6.45) is 0.511. The maximum atomic E-state index is 13.7. The third-order valence-electron chi connectivity index (χ3n) is 6.83. The average molecular weight is 650 g/mol. The summed E-state index contributed by atoms with van der Waals surface area (Å²) >= 11 is 4.74. The highest BCUT2D eigenvalue weighted by molar-refractivity contribution is 9.10. The van der Waals surface area contributed by atoms with E-state index in [0.29, 0.717) is 34.5 Å². The number of aromatic nitrogens is 3. The molecular formula is C30H29BrN6O4S. The van der Waals surface area contributed by atoms with Crippen LogP contribution in [0.1, 0.15) is 39.8 Å². The van der Waals surface area contributed by atoms with Gasteiger partial charge in [0.2, 0.25) is 0 Å². The summed E-state index contributed by atoms with van der Waals surface area (Å²) < 4.78 is 14.0. The number of halogens is 1. The number of amides is 2. The molecule has 1 aliphatic heterocycles. The predicted octanol–water partition coefficient (Wildman–Crippen LogP) is 4.99. The summed E-state index contributed by atoms with van der Waals surface area (Å²) in [5.41, 5.74) is 3.10. The fraction of sp³-hybridized carbons (Fsp3) is 0.233. The predicted molar refractivity (Wildman–Crippen MR) is 164 cm³/mol. The molecule has 2 amide bonds. The Kier molecular flexibility index (Phi) is 9.23. The maximum absolute atomic E-state index is 13.7. The van der Waals surface area contributed by atoms with Gasteiger partial charge < -0.3 is 19.4 Å². The number of carbonyl (C=O) groups excluding carboxylic acids is 2. The number of para-hydroxylation sites is 1. The van der Waals surface area contributed by atoms with Crippen molar-refractivity contribution in [3.8, 4) is 11.5 Å². The van der Waals surface area contributed by atoms with Crippen LogP contribution in [-0.4, -0.2) is 57.3 Å². The molecule has 1 N–H and O–H groups in total. The lowest BCUT2D eigenvalue weighted by Gasteiger charge is -2.24. The van der Waals surface area contributed by atoms with Gasteiger partial charge in [-0.3, -0.25) is 9.59 Å². The van der Waals surface area contributed by atoms with Crippen molar-refractivity contribution in [2.45, 2.75) is 24.2 Å². The second kappa shape index (κ2) is 13.2. The van der Waals surface area contributed by atoms with Crippen LogP contribution in [0.25, 0.3) is 0 Å². The minimum absolute atomic E-state index is 0.0856. The number of thioether (sulfide) groups is 1. The molecule has 1 atom stereocenters. The van der Waals surface area contributed by atoms with E-state index in [9.17, 15) is 9.59 Å². The van der Waals surface area contributed by atoms with Crippen molar-refractivity contribution in [3.05, 3.63) is 99.8 Å². The molecule has 216 valence electrons. The number of rotatable bonds is 10. The van der Waals surface area contributed by atoms with Gasteiger partial charge >= 0.3 is 0 Å². The van der Waals surface area contributed by atoms with Crippen molar-refractivity contribution in [2.75, 3.05) is 20.0 Å². The molecule has 1 unspecified atom stereocenters. The number of nitrogens with one attached hydrogen (secondary N) is 1. The zero-order valence-corrected chi connectivity index (χ0v) is 25.7. The van der Waals surface area contributed by atoms with Gasteiger partial charge in [0.15, 0.2) is 22.5 Å². The number of methoxy groups -OCH3 is 2. The lowest BCUT2D eigenvalue weighted by molar-refractivity contribution is -0.130. The van der Waals surface area contributed by atoms with Crippen molar-refractivity contribution >= 4 is 45.2 Å². The fourth-order valence-corrected chi connectivity index (χ4v) is 5.69. The van der Waals surface area contributed by atoms with Gasteiger partial charge in [-0.1, -0.05) is 70.2 Å². The normalized spacial score (nSPS) is 14.4. The minimum atomic E-state index is -0.384.